The summed E-state index contributed by atoms with van der Waals surface area (Å²) in [5.41, 5.74) is 1.78. The van der Waals surface area contributed by atoms with Gasteiger partial charge in [0.05, 0.1) is 5.56 Å². The van der Waals surface area contributed by atoms with Gasteiger partial charge in [0, 0.05) is 23.8 Å². The van der Waals surface area contributed by atoms with Gasteiger partial charge in [0.25, 0.3) is 5.91 Å². The van der Waals surface area contributed by atoms with Crippen LogP contribution in [0.3, 0.4) is 0 Å². The molecule has 2 heterocycles. The van der Waals surface area contributed by atoms with Crippen LogP contribution in [0.4, 0.5) is 5.82 Å². The molecule has 106 valence electrons. The maximum absolute atomic E-state index is 12.3. The highest BCUT2D eigenvalue weighted by Gasteiger charge is 2.15. The summed E-state index contributed by atoms with van der Waals surface area (Å²) in [6.07, 6.45) is 2.49. The van der Waals surface area contributed by atoms with Gasteiger partial charge >= 0.3 is 0 Å². The maximum atomic E-state index is 12.3. The Morgan fingerprint density at radius 1 is 1.55 bits per heavy atom. The van der Waals surface area contributed by atoms with E-state index in [1.54, 1.807) is 30.6 Å². The molecule has 4 nitrogen and oxygen atoms in total. The Morgan fingerprint density at radius 2 is 2.35 bits per heavy atom. The van der Waals surface area contributed by atoms with E-state index in [9.17, 15) is 4.79 Å². The molecule has 0 saturated heterocycles. The first-order valence-corrected chi connectivity index (χ1v) is 7.99. The number of aromatic nitrogens is 1. The first-order valence-electron chi connectivity index (χ1n) is 6.25. The van der Waals surface area contributed by atoms with E-state index < -0.39 is 0 Å². The highest BCUT2D eigenvalue weighted by atomic mass is 79.9. The molecule has 0 spiro atoms. The Labute approximate surface area is 130 Å². The van der Waals surface area contributed by atoms with E-state index in [1.807, 2.05) is 12.3 Å². The number of pyridine rings is 1. The van der Waals surface area contributed by atoms with E-state index >= 15 is 0 Å². The number of halogens is 1. The van der Waals surface area contributed by atoms with E-state index in [2.05, 4.69) is 43.0 Å². The minimum absolute atomic E-state index is 0.0702. The number of rotatable bonds is 5. The number of carbonyl (C=O) groups is 1. The number of carbonyl (C=O) groups excluding carboxylic acids is 1. The molecule has 0 aliphatic heterocycles. The Balaban J connectivity index is 2.06. The van der Waals surface area contributed by atoms with Gasteiger partial charge in [0.1, 0.15) is 5.82 Å². The van der Waals surface area contributed by atoms with Crippen LogP contribution in [0.25, 0.3) is 0 Å². The standard InChI is InChI=1S/C14H16BrN3OS/c1-9(5-10-3-4-20-8-10)18-14(19)12-6-11(15)7-17-13(12)16-2/h3-4,6-9H,5H2,1-2H3,(H,16,17)(H,18,19). The monoisotopic (exact) mass is 353 g/mol. The van der Waals surface area contributed by atoms with Gasteiger partial charge in [0.2, 0.25) is 0 Å². The van der Waals surface area contributed by atoms with Crippen molar-refractivity contribution in [1.82, 2.24) is 10.3 Å². The molecule has 2 N–H and O–H groups in total. The fourth-order valence-electron chi connectivity index (χ4n) is 1.93. The number of anilines is 1. The Hall–Kier alpha value is -1.40. The van der Waals surface area contributed by atoms with Crippen molar-refractivity contribution in [1.29, 1.82) is 0 Å². The van der Waals surface area contributed by atoms with Crippen LogP contribution in [0.1, 0.15) is 22.8 Å². The van der Waals surface area contributed by atoms with Crippen LogP contribution in [0.15, 0.2) is 33.6 Å². The summed E-state index contributed by atoms with van der Waals surface area (Å²) in [6, 6.07) is 3.92. The van der Waals surface area contributed by atoms with E-state index in [4.69, 9.17) is 0 Å². The van der Waals surface area contributed by atoms with E-state index in [0.29, 0.717) is 11.4 Å². The molecule has 0 radical (unpaired) electrons. The van der Waals surface area contributed by atoms with Gasteiger partial charge in [0.15, 0.2) is 0 Å². The quantitative estimate of drug-likeness (QED) is 0.866. The smallest absolute Gasteiger partial charge is 0.255 e. The number of thiophene rings is 1. The average molecular weight is 354 g/mol. The Bertz CT molecular complexity index is 586. The van der Waals surface area contributed by atoms with Crippen molar-refractivity contribution in [2.75, 3.05) is 12.4 Å². The number of amides is 1. The summed E-state index contributed by atoms with van der Waals surface area (Å²) >= 11 is 5.01. The first-order chi connectivity index (χ1) is 9.60. The van der Waals surface area contributed by atoms with Crippen molar-refractivity contribution in [2.24, 2.45) is 0 Å². The molecular formula is C14H16BrN3OS. The van der Waals surface area contributed by atoms with Gasteiger partial charge in [-0.2, -0.15) is 11.3 Å². The third-order valence-corrected chi connectivity index (χ3v) is 4.00. The average Bonchev–Trinajstić information content (AvgIpc) is 2.91. The van der Waals surface area contributed by atoms with Crippen LogP contribution in [0, 0.1) is 0 Å². The fraction of sp³-hybridized carbons (Fsp3) is 0.286. The Kier molecular flexibility index (Phi) is 5.14. The molecule has 0 aliphatic rings. The van der Waals surface area contributed by atoms with Crippen molar-refractivity contribution in [3.8, 4) is 0 Å². The predicted octanol–water partition coefficient (Wildman–Crippen LogP) is 3.31. The van der Waals surface area contributed by atoms with E-state index in [-0.39, 0.29) is 11.9 Å². The lowest BCUT2D eigenvalue weighted by Gasteiger charge is -2.15. The van der Waals surface area contributed by atoms with Crippen molar-refractivity contribution < 1.29 is 4.79 Å². The minimum atomic E-state index is -0.120. The zero-order valence-corrected chi connectivity index (χ0v) is 13.7. The second kappa shape index (κ2) is 6.85. The Morgan fingerprint density at radius 3 is 3.00 bits per heavy atom. The summed E-state index contributed by atoms with van der Waals surface area (Å²) in [4.78, 5) is 16.5. The largest absolute Gasteiger partial charge is 0.372 e. The van der Waals surface area contributed by atoms with Crippen molar-refractivity contribution >= 4 is 39.0 Å². The van der Waals surface area contributed by atoms with E-state index in [0.717, 1.165) is 10.9 Å². The summed E-state index contributed by atoms with van der Waals surface area (Å²) in [5, 5.41) is 10.1. The molecule has 2 aromatic heterocycles. The molecule has 1 unspecified atom stereocenters. The molecule has 0 saturated carbocycles. The van der Waals surface area contributed by atoms with Gasteiger partial charge in [-0.15, -0.1) is 0 Å². The SMILES string of the molecule is CNc1ncc(Br)cc1C(=O)NC(C)Cc1ccsc1. The van der Waals surface area contributed by atoms with Crippen molar-refractivity contribution in [2.45, 2.75) is 19.4 Å². The highest BCUT2D eigenvalue weighted by molar-refractivity contribution is 9.10. The molecule has 2 aromatic rings. The van der Waals surface area contributed by atoms with Crippen LogP contribution in [-0.4, -0.2) is 24.0 Å². The lowest BCUT2D eigenvalue weighted by molar-refractivity contribution is 0.0940. The molecule has 1 atom stereocenters. The van der Waals surface area contributed by atoms with E-state index in [1.165, 1.54) is 5.56 Å². The molecular weight excluding hydrogens is 338 g/mol. The zero-order chi connectivity index (χ0) is 14.5. The van der Waals surface area contributed by atoms with Crippen LogP contribution < -0.4 is 10.6 Å². The molecule has 0 aliphatic carbocycles. The van der Waals surface area contributed by atoms with Gasteiger partial charge < -0.3 is 10.6 Å². The van der Waals surface area contributed by atoms with Crippen molar-refractivity contribution in [3.05, 3.63) is 44.7 Å². The third kappa shape index (κ3) is 3.80. The normalized spacial score (nSPS) is 11.9. The van der Waals surface area contributed by atoms with Gasteiger partial charge in [-0.3, -0.25) is 4.79 Å². The summed E-state index contributed by atoms with van der Waals surface area (Å²) < 4.78 is 0.784. The summed E-state index contributed by atoms with van der Waals surface area (Å²) in [7, 11) is 1.75. The lowest BCUT2D eigenvalue weighted by Crippen LogP contribution is -2.34. The first kappa shape index (κ1) is 15.0. The number of nitrogens with one attached hydrogen (secondary N) is 2. The molecule has 20 heavy (non-hydrogen) atoms. The lowest BCUT2D eigenvalue weighted by atomic mass is 10.1. The van der Waals surface area contributed by atoms with Crippen LogP contribution in [-0.2, 0) is 6.42 Å². The minimum Gasteiger partial charge on any atom is -0.372 e. The fourth-order valence-corrected chi connectivity index (χ4v) is 2.94. The molecule has 0 aromatic carbocycles. The topological polar surface area (TPSA) is 54.0 Å². The van der Waals surface area contributed by atoms with Gasteiger partial charge in [-0.1, -0.05) is 0 Å². The second-order valence-corrected chi connectivity index (χ2v) is 6.21. The molecule has 0 fully saturated rings. The predicted molar refractivity (Wildman–Crippen MR) is 86.4 cm³/mol. The summed E-state index contributed by atoms with van der Waals surface area (Å²) in [6.45, 7) is 2.00. The maximum Gasteiger partial charge on any atom is 0.255 e. The van der Waals surface area contributed by atoms with Crippen LogP contribution in [0.2, 0.25) is 0 Å². The van der Waals surface area contributed by atoms with Gasteiger partial charge in [-0.05, 0) is 57.7 Å². The number of hydrogen-bond acceptors (Lipinski definition) is 4. The van der Waals surface area contributed by atoms with Crippen molar-refractivity contribution in [3.63, 3.8) is 0 Å². The van der Waals surface area contributed by atoms with Gasteiger partial charge in [-0.25, -0.2) is 4.98 Å². The van der Waals surface area contributed by atoms with Crippen LogP contribution >= 0.6 is 27.3 Å². The zero-order valence-electron chi connectivity index (χ0n) is 11.3. The number of hydrogen-bond donors (Lipinski definition) is 2. The molecule has 2 rings (SSSR count). The highest BCUT2D eigenvalue weighted by Crippen LogP contribution is 2.18. The summed E-state index contributed by atoms with van der Waals surface area (Å²) in [5.74, 6) is 0.458. The van der Waals surface area contributed by atoms with Crippen LogP contribution in [0.5, 0.6) is 0 Å². The number of nitrogens with zero attached hydrogens (tertiary/aromatic N) is 1. The second-order valence-electron chi connectivity index (χ2n) is 4.51. The third-order valence-electron chi connectivity index (χ3n) is 2.84. The molecule has 6 heteroatoms. The molecule has 0 bridgehead atoms. The molecule has 1 amide bonds.